The van der Waals surface area contributed by atoms with Crippen LogP contribution in [0.5, 0.6) is 0 Å². The zero-order chi connectivity index (χ0) is 18.3. The van der Waals surface area contributed by atoms with Crippen LogP contribution in [0.2, 0.25) is 0 Å². The van der Waals surface area contributed by atoms with Crippen LogP contribution in [0.1, 0.15) is 91.9 Å². The second-order valence-electron chi connectivity index (χ2n) is 7.41. The highest BCUT2D eigenvalue weighted by molar-refractivity contribution is 5.75. The molecule has 0 heterocycles. The van der Waals surface area contributed by atoms with E-state index in [0.29, 0.717) is 5.91 Å². The fraction of sp³-hybridized carbons (Fsp3) is 0.952. The lowest BCUT2D eigenvalue weighted by atomic mass is 10.1. The maximum atomic E-state index is 12.3. The zero-order valence-electron chi connectivity index (χ0n) is 17.4. The Morgan fingerprint density at radius 1 is 0.750 bits per heavy atom. The summed E-state index contributed by atoms with van der Waals surface area (Å²) in [5, 5.41) is 0. The van der Waals surface area contributed by atoms with Gasteiger partial charge in [0.1, 0.15) is 0 Å². The van der Waals surface area contributed by atoms with Gasteiger partial charge >= 0.3 is 0 Å². The first-order valence-electron chi connectivity index (χ1n) is 10.6. The fourth-order valence-electron chi connectivity index (χ4n) is 3.41. The number of amides is 1. The number of likely N-dealkylation sites (N-methyl/N-ethyl adjacent to an activating group) is 2. The van der Waals surface area contributed by atoms with Gasteiger partial charge in [-0.3, -0.25) is 4.79 Å². The lowest BCUT2D eigenvalue weighted by Gasteiger charge is -2.37. The molecular formula is C21H45N2O+. The topological polar surface area (TPSA) is 20.3 Å². The molecule has 3 heteroatoms. The summed E-state index contributed by atoms with van der Waals surface area (Å²) < 4.78 is 1.12. The molecule has 144 valence electrons. The molecule has 3 nitrogen and oxygen atoms in total. The Labute approximate surface area is 152 Å². The van der Waals surface area contributed by atoms with Crippen LogP contribution in [0.25, 0.3) is 0 Å². The molecule has 0 rings (SSSR count). The van der Waals surface area contributed by atoms with Crippen molar-refractivity contribution in [1.82, 2.24) is 4.90 Å². The predicted octanol–water partition coefficient (Wildman–Crippen LogP) is 5.24. The maximum Gasteiger partial charge on any atom is 0.222 e. The van der Waals surface area contributed by atoms with Crippen LogP contribution in [0.15, 0.2) is 0 Å². The summed E-state index contributed by atoms with van der Waals surface area (Å²) >= 11 is 0. The lowest BCUT2D eigenvalue weighted by molar-refractivity contribution is -0.922. The van der Waals surface area contributed by atoms with Crippen LogP contribution in [-0.2, 0) is 4.79 Å². The van der Waals surface area contributed by atoms with E-state index in [0.717, 1.165) is 50.0 Å². The molecule has 0 aliphatic heterocycles. The standard InChI is InChI=1S/C21H45N2O/c1-6-10-11-12-13-14-15-16-17-18-21(24)22(5)19-20-23(7-2,8-3)9-4/h6-20H2,1-5H3/q+1. The molecule has 0 aromatic carbocycles. The second-order valence-corrected chi connectivity index (χ2v) is 7.41. The third kappa shape index (κ3) is 10.3. The number of hydrogen-bond donors (Lipinski definition) is 0. The Morgan fingerprint density at radius 2 is 1.21 bits per heavy atom. The summed E-state index contributed by atoms with van der Waals surface area (Å²) in [7, 11) is 1.98. The van der Waals surface area contributed by atoms with Gasteiger partial charge in [0.2, 0.25) is 5.91 Å². The van der Waals surface area contributed by atoms with Gasteiger partial charge in [-0.05, 0) is 27.2 Å². The molecule has 0 atom stereocenters. The summed E-state index contributed by atoms with van der Waals surface area (Å²) in [5.41, 5.74) is 0. The number of quaternary nitrogens is 1. The predicted molar refractivity (Wildman–Crippen MR) is 106 cm³/mol. The fourth-order valence-corrected chi connectivity index (χ4v) is 3.41. The molecule has 0 fully saturated rings. The van der Waals surface area contributed by atoms with Crippen LogP contribution in [0.3, 0.4) is 0 Å². The van der Waals surface area contributed by atoms with E-state index in [4.69, 9.17) is 0 Å². The lowest BCUT2D eigenvalue weighted by Crippen LogP contribution is -2.51. The molecule has 0 aromatic heterocycles. The highest BCUT2D eigenvalue weighted by atomic mass is 16.2. The molecule has 0 unspecified atom stereocenters. The van der Waals surface area contributed by atoms with Crippen molar-refractivity contribution in [2.45, 2.75) is 91.9 Å². The number of nitrogens with zero attached hydrogens (tertiary/aromatic N) is 2. The van der Waals surface area contributed by atoms with Crippen molar-refractivity contribution in [1.29, 1.82) is 0 Å². The highest BCUT2D eigenvalue weighted by Crippen LogP contribution is 2.11. The summed E-state index contributed by atoms with van der Waals surface area (Å²) in [5.74, 6) is 0.333. The van der Waals surface area contributed by atoms with E-state index in [-0.39, 0.29) is 0 Å². The van der Waals surface area contributed by atoms with Gasteiger partial charge in [-0.25, -0.2) is 0 Å². The minimum Gasteiger partial charge on any atom is -0.340 e. The van der Waals surface area contributed by atoms with Crippen LogP contribution >= 0.6 is 0 Å². The molecule has 0 spiro atoms. The number of hydrogen-bond acceptors (Lipinski definition) is 1. The monoisotopic (exact) mass is 341 g/mol. The second kappa shape index (κ2) is 14.7. The third-order valence-corrected chi connectivity index (χ3v) is 5.84. The van der Waals surface area contributed by atoms with Crippen molar-refractivity contribution in [3.63, 3.8) is 0 Å². The summed E-state index contributed by atoms with van der Waals surface area (Å²) in [6, 6.07) is 0. The van der Waals surface area contributed by atoms with E-state index in [9.17, 15) is 4.79 Å². The van der Waals surface area contributed by atoms with Crippen LogP contribution < -0.4 is 0 Å². The van der Waals surface area contributed by atoms with Crippen molar-refractivity contribution >= 4 is 5.91 Å². The Bertz CT molecular complexity index is 292. The van der Waals surface area contributed by atoms with Gasteiger partial charge in [0.15, 0.2) is 0 Å². The Kier molecular flexibility index (Phi) is 14.4. The molecule has 0 radical (unpaired) electrons. The van der Waals surface area contributed by atoms with E-state index in [2.05, 4.69) is 27.7 Å². The Hall–Kier alpha value is -0.570. The molecule has 0 aromatic rings. The largest absolute Gasteiger partial charge is 0.340 e. The van der Waals surface area contributed by atoms with Crippen molar-refractivity contribution in [3.05, 3.63) is 0 Å². The first-order valence-corrected chi connectivity index (χ1v) is 10.6. The van der Waals surface area contributed by atoms with Crippen LogP contribution in [-0.4, -0.2) is 55.1 Å². The van der Waals surface area contributed by atoms with Gasteiger partial charge in [-0.2, -0.15) is 0 Å². The van der Waals surface area contributed by atoms with E-state index >= 15 is 0 Å². The summed E-state index contributed by atoms with van der Waals surface area (Å²) in [6.45, 7) is 14.5. The summed E-state index contributed by atoms with van der Waals surface area (Å²) in [4.78, 5) is 14.2. The number of carbonyl (C=O) groups is 1. The number of carbonyl (C=O) groups excluding carboxylic acids is 1. The van der Waals surface area contributed by atoms with Gasteiger partial charge in [0.25, 0.3) is 0 Å². The number of rotatable bonds is 16. The smallest absolute Gasteiger partial charge is 0.222 e. The van der Waals surface area contributed by atoms with E-state index in [1.165, 1.54) is 51.4 Å². The Morgan fingerprint density at radius 3 is 1.67 bits per heavy atom. The average Bonchev–Trinajstić information content (AvgIpc) is 2.61. The van der Waals surface area contributed by atoms with Crippen LogP contribution in [0.4, 0.5) is 0 Å². The Balaban J connectivity index is 3.73. The van der Waals surface area contributed by atoms with Gasteiger partial charge in [-0.15, -0.1) is 0 Å². The normalized spacial score (nSPS) is 11.7. The van der Waals surface area contributed by atoms with Gasteiger partial charge in [0.05, 0.1) is 32.7 Å². The third-order valence-electron chi connectivity index (χ3n) is 5.84. The molecule has 0 aliphatic rings. The molecule has 0 saturated carbocycles. The maximum absolute atomic E-state index is 12.3. The molecule has 0 bridgehead atoms. The molecular weight excluding hydrogens is 296 g/mol. The highest BCUT2D eigenvalue weighted by Gasteiger charge is 2.21. The number of unbranched alkanes of at least 4 members (excludes halogenated alkanes) is 8. The van der Waals surface area contributed by atoms with Gasteiger partial charge in [-0.1, -0.05) is 58.3 Å². The van der Waals surface area contributed by atoms with Crippen molar-refractivity contribution in [2.75, 3.05) is 39.8 Å². The quantitative estimate of drug-likeness (QED) is 0.278. The van der Waals surface area contributed by atoms with E-state index < -0.39 is 0 Å². The SMILES string of the molecule is CCCCCCCCCCCC(=O)N(C)CC[N+](CC)(CC)CC. The van der Waals surface area contributed by atoms with E-state index in [1.807, 2.05) is 11.9 Å². The van der Waals surface area contributed by atoms with Crippen LogP contribution in [0, 0.1) is 0 Å². The van der Waals surface area contributed by atoms with Crippen molar-refractivity contribution < 1.29 is 9.28 Å². The first-order chi connectivity index (χ1) is 11.5. The molecule has 24 heavy (non-hydrogen) atoms. The first kappa shape index (κ1) is 23.4. The van der Waals surface area contributed by atoms with Gasteiger partial charge < -0.3 is 9.38 Å². The average molecular weight is 342 g/mol. The van der Waals surface area contributed by atoms with E-state index in [1.54, 1.807) is 0 Å². The zero-order valence-corrected chi connectivity index (χ0v) is 17.4. The molecule has 1 amide bonds. The molecule has 0 N–H and O–H groups in total. The van der Waals surface area contributed by atoms with Gasteiger partial charge in [0, 0.05) is 13.5 Å². The minimum absolute atomic E-state index is 0.333. The van der Waals surface area contributed by atoms with Crippen molar-refractivity contribution in [2.24, 2.45) is 0 Å². The minimum atomic E-state index is 0.333. The summed E-state index contributed by atoms with van der Waals surface area (Å²) in [6.07, 6.45) is 12.5. The molecule has 0 saturated heterocycles. The molecule has 0 aliphatic carbocycles. The van der Waals surface area contributed by atoms with Crippen molar-refractivity contribution in [3.8, 4) is 0 Å².